The molecule has 2 aliphatic heterocycles. The van der Waals surface area contributed by atoms with Gasteiger partial charge in [0, 0.05) is 41.0 Å². The predicted octanol–water partition coefficient (Wildman–Crippen LogP) is 14.0. The number of para-hydroxylation sites is 1. The van der Waals surface area contributed by atoms with E-state index in [1.54, 1.807) is 5.56 Å². The van der Waals surface area contributed by atoms with Gasteiger partial charge in [-0.15, -0.1) is 0 Å². The Bertz CT molecular complexity index is 2330. The number of allylic oxidation sites excluding steroid dienone is 9. The van der Waals surface area contributed by atoms with Crippen LogP contribution in [-0.2, 0) is 17.3 Å². The van der Waals surface area contributed by atoms with Crippen molar-refractivity contribution in [1.82, 2.24) is 5.32 Å². The van der Waals surface area contributed by atoms with Crippen molar-refractivity contribution < 1.29 is 0 Å². The highest BCUT2D eigenvalue weighted by atomic mass is 15.1. The molecule has 2 heterocycles. The molecule has 6 aliphatic rings. The van der Waals surface area contributed by atoms with E-state index in [0.29, 0.717) is 0 Å². The van der Waals surface area contributed by atoms with Gasteiger partial charge in [0.2, 0.25) is 0 Å². The molecule has 0 amide bonds. The fourth-order valence-electron chi connectivity index (χ4n) is 11.1. The van der Waals surface area contributed by atoms with E-state index in [9.17, 15) is 0 Å². The fraction of sp³-hybridized carbons (Fsp3) is 0.309. The molecule has 288 valence electrons. The first-order valence-electron chi connectivity index (χ1n) is 21.8. The van der Waals surface area contributed by atoms with Crippen molar-refractivity contribution in [3.05, 3.63) is 191 Å². The van der Waals surface area contributed by atoms with E-state index in [4.69, 9.17) is 6.58 Å². The molecule has 2 saturated carbocycles. The zero-order valence-corrected chi connectivity index (χ0v) is 33.8. The van der Waals surface area contributed by atoms with Crippen LogP contribution in [0.1, 0.15) is 110 Å². The van der Waals surface area contributed by atoms with Crippen LogP contribution in [0.3, 0.4) is 0 Å². The first-order chi connectivity index (χ1) is 28.0. The van der Waals surface area contributed by atoms with Crippen LogP contribution in [0, 0.1) is 0 Å². The van der Waals surface area contributed by atoms with Crippen LogP contribution in [0.2, 0.25) is 0 Å². The van der Waals surface area contributed by atoms with E-state index < -0.39 is 0 Å². The van der Waals surface area contributed by atoms with Crippen molar-refractivity contribution in [2.75, 3.05) is 18.0 Å². The van der Waals surface area contributed by atoms with Gasteiger partial charge in [0.25, 0.3) is 0 Å². The van der Waals surface area contributed by atoms with E-state index >= 15 is 0 Å². The molecule has 2 fully saturated rings. The van der Waals surface area contributed by atoms with Gasteiger partial charge in [0.05, 0.1) is 0 Å². The van der Waals surface area contributed by atoms with Gasteiger partial charge < -0.3 is 10.2 Å². The SMILES string of the molecule is C=C(/C=C1\C(=C)c2ccc(N3CCCc4ccccc43)cc2C12CCCC2)/C=C/c1ccc2c(c1)C1(CCCC1)c1ccccc1-2.C=C1/C=C\C=C/CCCCN1. The van der Waals surface area contributed by atoms with Crippen LogP contribution in [0.5, 0.6) is 0 Å². The molecule has 57 heavy (non-hydrogen) atoms. The second kappa shape index (κ2) is 15.9. The van der Waals surface area contributed by atoms with E-state index in [0.717, 1.165) is 24.4 Å². The normalized spacial score (nSPS) is 21.8. The number of nitrogens with one attached hydrogen (secondary N) is 1. The molecule has 0 bridgehead atoms. The molecular formula is C55H58N2. The van der Waals surface area contributed by atoms with Crippen molar-refractivity contribution >= 4 is 23.0 Å². The maximum atomic E-state index is 4.70. The van der Waals surface area contributed by atoms with Gasteiger partial charge in [-0.2, -0.15) is 0 Å². The number of benzene rings is 4. The highest BCUT2D eigenvalue weighted by molar-refractivity contribution is 5.91. The Morgan fingerprint density at radius 1 is 0.684 bits per heavy atom. The van der Waals surface area contributed by atoms with Gasteiger partial charge in [-0.3, -0.25) is 0 Å². The number of hydrogen-bond acceptors (Lipinski definition) is 2. The molecule has 0 unspecified atom stereocenters. The fourth-order valence-corrected chi connectivity index (χ4v) is 11.1. The third-order valence-electron chi connectivity index (χ3n) is 13.8. The van der Waals surface area contributed by atoms with Crippen molar-refractivity contribution in [3.63, 3.8) is 0 Å². The van der Waals surface area contributed by atoms with Crippen molar-refractivity contribution in [1.29, 1.82) is 0 Å². The average Bonchev–Trinajstić information content (AvgIpc) is 4.05. The zero-order valence-electron chi connectivity index (χ0n) is 33.8. The summed E-state index contributed by atoms with van der Waals surface area (Å²) >= 11 is 0. The summed E-state index contributed by atoms with van der Waals surface area (Å²) in [6.07, 6.45) is 31.3. The first kappa shape index (κ1) is 37.2. The highest BCUT2D eigenvalue weighted by Crippen LogP contribution is 2.59. The lowest BCUT2D eigenvalue weighted by Crippen LogP contribution is -2.25. The Morgan fingerprint density at radius 3 is 2.28 bits per heavy atom. The van der Waals surface area contributed by atoms with Crippen LogP contribution < -0.4 is 10.2 Å². The molecule has 10 rings (SSSR count). The highest BCUT2D eigenvalue weighted by Gasteiger charge is 2.47. The molecule has 0 atom stereocenters. The standard InChI is InChI=1S/C45H43N.C10H15N/c1-31(17-18-33-19-21-38-37-14-4-5-15-39(37)44(41(38)29-33)23-7-8-24-44)28-40-32(2)36-22-20-35(30-42(36)45(40)25-9-10-26-45)46-27-11-13-34-12-3-6-16-43(34)46;1-10-8-6-4-2-3-5-7-9-11-10/h3-6,12,14-22,28-30H,1-2,7-11,13,23-27H2;2,4,6,8,11H,1,3,5,7,9H2/b18-17+,40-28+;4-2-,8-6-. The Labute approximate surface area is 341 Å². The lowest BCUT2D eigenvalue weighted by Gasteiger charge is -2.33. The molecular weight excluding hydrogens is 689 g/mol. The maximum absolute atomic E-state index is 4.70. The van der Waals surface area contributed by atoms with Crippen molar-refractivity contribution in [2.24, 2.45) is 0 Å². The Hall–Kier alpha value is -5.34. The van der Waals surface area contributed by atoms with E-state index in [1.165, 1.54) is 145 Å². The largest absolute Gasteiger partial charge is 0.386 e. The summed E-state index contributed by atoms with van der Waals surface area (Å²) in [5, 5.41) is 3.24. The average molecular weight is 747 g/mol. The van der Waals surface area contributed by atoms with Crippen molar-refractivity contribution in [2.45, 2.75) is 94.3 Å². The molecule has 4 aromatic rings. The minimum Gasteiger partial charge on any atom is -0.386 e. The van der Waals surface area contributed by atoms with Crippen LogP contribution in [0.15, 0.2) is 158 Å². The zero-order chi connectivity index (χ0) is 38.8. The Morgan fingerprint density at radius 2 is 1.42 bits per heavy atom. The third kappa shape index (κ3) is 6.92. The van der Waals surface area contributed by atoms with Crippen LogP contribution >= 0.6 is 0 Å². The molecule has 4 aliphatic carbocycles. The second-order valence-electron chi connectivity index (χ2n) is 17.2. The van der Waals surface area contributed by atoms with Gasteiger partial charge in [-0.05, 0) is 143 Å². The van der Waals surface area contributed by atoms with Gasteiger partial charge in [0.1, 0.15) is 0 Å². The van der Waals surface area contributed by atoms with Gasteiger partial charge in [-0.25, -0.2) is 0 Å². The summed E-state index contributed by atoms with van der Waals surface area (Å²) in [7, 11) is 0. The molecule has 2 heteroatoms. The number of anilines is 2. The molecule has 1 N–H and O–H groups in total. The minimum atomic E-state index is 0.0444. The topological polar surface area (TPSA) is 15.3 Å². The molecule has 0 aromatic heterocycles. The second-order valence-corrected chi connectivity index (χ2v) is 17.2. The molecule has 4 aromatic carbocycles. The van der Waals surface area contributed by atoms with Gasteiger partial charge >= 0.3 is 0 Å². The van der Waals surface area contributed by atoms with Crippen LogP contribution in [0.4, 0.5) is 11.4 Å². The van der Waals surface area contributed by atoms with Gasteiger partial charge in [0.15, 0.2) is 0 Å². The number of aryl methyl sites for hydroxylation is 1. The lowest BCUT2D eigenvalue weighted by atomic mass is 9.76. The summed E-state index contributed by atoms with van der Waals surface area (Å²) in [6.45, 7) is 15.2. The van der Waals surface area contributed by atoms with E-state index in [1.807, 2.05) is 12.2 Å². The Kier molecular flexibility index (Phi) is 10.4. The predicted molar refractivity (Wildman–Crippen MR) is 244 cm³/mol. The van der Waals surface area contributed by atoms with Crippen LogP contribution in [-0.4, -0.2) is 13.1 Å². The third-order valence-corrected chi connectivity index (χ3v) is 13.8. The summed E-state index contributed by atoms with van der Waals surface area (Å²) in [5.74, 6) is 0. The van der Waals surface area contributed by atoms with Crippen molar-refractivity contribution in [3.8, 4) is 11.1 Å². The molecule has 2 nitrogen and oxygen atoms in total. The summed E-state index contributed by atoms with van der Waals surface area (Å²) in [4.78, 5) is 2.54. The quantitative estimate of drug-likeness (QED) is 0.209. The summed E-state index contributed by atoms with van der Waals surface area (Å²) < 4.78 is 0. The number of hydrogen-bond donors (Lipinski definition) is 1. The molecule has 0 radical (unpaired) electrons. The van der Waals surface area contributed by atoms with E-state index in [2.05, 4.69) is 139 Å². The number of nitrogens with zero attached hydrogens (tertiary/aromatic N) is 1. The van der Waals surface area contributed by atoms with Gasteiger partial charge in [-0.1, -0.05) is 149 Å². The monoisotopic (exact) mass is 746 g/mol. The Balaban J connectivity index is 0.000000335. The van der Waals surface area contributed by atoms with E-state index in [-0.39, 0.29) is 10.8 Å². The maximum Gasteiger partial charge on any atom is 0.0443 e. The van der Waals surface area contributed by atoms with Crippen LogP contribution in [0.25, 0.3) is 22.8 Å². The minimum absolute atomic E-state index is 0.0444. The number of fused-ring (bicyclic) bond motifs is 8. The first-order valence-corrected chi connectivity index (χ1v) is 21.8. The molecule has 2 spiro atoms. The smallest absolute Gasteiger partial charge is 0.0443 e. The summed E-state index contributed by atoms with van der Waals surface area (Å²) in [6, 6.07) is 32.4. The summed E-state index contributed by atoms with van der Waals surface area (Å²) in [5.41, 5.74) is 19.1. The molecule has 0 saturated heterocycles. The number of rotatable bonds is 4. The lowest BCUT2D eigenvalue weighted by molar-refractivity contribution is 0.550.